The predicted octanol–water partition coefficient (Wildman–Crippen LogP) is 2.05. The second-order valence-electron chi connectivity index (χ2n) is 5.61. The predicted molar refractivity (Wildman–Crippen MR) is 86.3 cm³/mol. The Kier molecular flexibility index (Phi) is 5.53. The molecule has 0 spiro atoms. The normalized spacial score (nSPS) is 25.1. The number of carbonyl (C=O) groups is 1. The molecule has 116 valence electrons. The Hall–Kier alpha value is -1.20. The molecule has 21 heavy (non-hydrogen) atoms. The summed E-state index contributed by atoms with van der Waals surface area (Å²) in [7, 11) is -0.918. The molecule has 1 amide bonds. The van der Waals surface area contributed by atoms with E-state index < -0.39 is 10.8 Å². The van der Waals surface area contributed by atoms with Crippen LogP contribution < -0.4 is 5.32 Å². The van der Waals surface area contributed by atoms with Crippen LogP contribution in [0.3, 0.4) is 0 Å². The van der Waals surface area contributed by atoms with Gasteiger partial charge in [-0.2, -0.15) is 0 Å². The second-order valence-corrected chi connectivity index (χ2v) is 7.42. The molecule has 1 aliphatic rings. The summed E-state index contributed by atoms with van der Waals surface area (Å²) in [6, 6.07) is 9.52. The van der Waals surface area contributed by atoms with Crippen LogP contribution in [0.4, 0.5) is 0 Å². The molecular formula is C16H24N2O2S. The van der Waals surface area contributed by atoms with Crippen molar-refractivity contribution < 1.29 is 9.00 Å². The van der Waals surface area contributed by atoms with E-state index >= 15 is 0 Å². The molecule has 4 atom stereocenters. The van der Waals surface area contributed by atoms with Crippen LogP contribution in [0, 0.1) is 0 Å². The Balaban J connectivity index is 2.18. The summed E-state index contributed by atoms with van der Waals surface area (Å²) in [6.07, 6.45) is 3.66. The molecular weight excluding hydrogens is 284 g/mol. The quantitative estimate of drug-likeness (QED) is 0.875. The summed E-state index contributed by atoms with van der Waals surface area (Å²) in [5, 5.41) is 3.42. The van der Waals surface area contributed by atoms with Crippen LogP contribution in [-0.4, -0.2) is 39.2 Å². The van der Waals surface area contributed by atoms with Gasteiger partial charge in [-0.05, 0) is 18.9 Å². The maximum atomic E-state index is 12.7. The van der Waals surface area contributed by atoms with Gasteiger partial charge in [0.15, 0.2) is 0 Å². The zero-order valence-electron chi connectivity index (χ0n) is 12.9. The van der Waals surface area contributed by atoms with Crippen molar-refractivity contribution in [3.8, 4) is 0 Å². The van der Waals surface area contributed by atoms with Crippen LogP contribution in [0.1, 0.15) is 38.3 Å². The third-order valence-electron chi connectivity index (χ3n) is 3.98. The van der Waals surface area contributed by atoms with Gasteiger partial charge in [0.05, 0.1) is 6.17 Å². The van der Waals surface area contributed by atoms with Crippen molar-refractivity contribution in [1.29, 1.82) is 0 Å². The minimum absolute atomic E-state index is 0.00960. The van der Waals surface area contributed by atoms with E-state index in [0.717, 1.165) is 18.4 Å². The van der Waals surface area contributed by atoms with Crippen molar-refractivity contribution in [3.05, 3.63) is 35.9 Å². The van der Waals surface area contributed by atoms with E-state index in [1.165, 1.54) is 0 Å². The molecule has 1 saturated heterocycles. The average Bonchev–Trinajstić information content (AvgIpc) is 2.77. The summed E-state index contributed by atoms with van der Waals surface area (Å²) >= 11 is 0. The molecule has 0 aliphatic carbocycles. The van der Waals surface area contributed by atoms with Gasteiger partial charge >= 0.3 is 0 Å². The first kappa shape index (κ1) is 16.2. The summed E-state index contributed by atoms with van der Waals surface area (Å²) < 4.78 is 11.6. The number of hydrogen-bond acceptors (Lipinski definition) is 3. The SMILES string of the molecule is CCCC1NC(c2ccccc2)C(=O)N1CC(C)S(C)=O. The fourth-order valence-corrected chi connectivity index (χ4v) is 3.04. The molecule has 5 heteroatoms. The molecule has 0 saturated carbocycles. The molecule has 2 rings (SSSR count). The van der Waals surface area contributed by atoms with E-state index in [1.807, 2.05) is 42.2 Å². The molecule has 1 aromatic carbocycles. The van der Waals surface area contributed by atoms with Crippen molar-refractivity contribution in [2.45, 2.75) is 44.1 Å². The number of nitrogens with zero attached hydrogens (tertiary/aromatic N) is 1. The van der Waals surface area contributed by atoms with E-state index in [2.05, 4.69) is 12.2 Å². The van der Waals surface area contributed by atoms with Crippen LogP contribution in [0.25, 0.3) is 0 Å². The van der Waals surface area contributed by atoms with E-state index in [9.17, 15) is 9.00 Å². The summed E-state index contributed by atoms with van der Waals surface area (Å²) in [4.78, 5) is 14.6. The Morgan fingerprint density at radius 2 is 2.00 bits per heavy atom. The number of hydrogen-bond donors (Lipinski definition) is 1. The van der Waals surface area contributed by atoms with Crippen LogP contribution in [-0.2, 0) is 15.6 Å². The molecule has 1 fully saturated rings. The average molecular weight is 308 g/mol. The van der Waals surface area contributed by atoms with Crippen LogP contribution in [0.5, 0.6) is 0 Å². The number of nitrogens with one attached hydrogen (secondary N) is 1. The number of benzene rings is 1. The summed E-state index contributed by atoms with van der Waals surface area (Å²) in [6.45, 7) is 4.59. The van der Waals surface area contributed by atoms with Crippen LogP contribution in [0.15, 0.2) is 30.3 Å². The van der Waals surface area contributed by atoms with Gasteiger partial charge < -0.3 is 4.90 Å². The molecule has 4 nitrogen and oxygen atoms in total. The Morgan fingerprint density at radius 3 is 2.57 bits per heavy atom. The molecule has 1 N–H and O–H groups in total. The number of carbonyl (C=O) groups excluding carboxylic acids is 1. The molecule has 4 unspecified atom stereocenters. The molecule has 0 radical (unpaired) electrons. The highest BCUT2D eigenvalue weighted by atomic mass is 32.2. The summed E-state index contributed by atoms with van der Waals surface area (Å²) in [5.41, 5.74) is 0.997. The molecule has 1 aromatic rings. The van der Waals surface area contributed by atoms with E-state index in [4.69, 9.17) is 0 Å². The summed E-state index contributed by atoms with van der Waals surface area (Å²) in [5.74, 6) is 0.0944. The smallest absolute Gasteiger partial charge is 0.245 e. The van der Waals surface area contributed by atoms with Gasteiger partial charge in [-0.3, -0.25) is 14.3 Å². The van der Waals surface area contributed by atoms with Crippen LogP contribution >= 0.6 is 0 Å². The highest BCUT2D eigenvalue weighted by Gasteiger charge is 2.39. The standard InChI is InChI=1S/C16H24N2O2S/c1-4-8-14-17-15(13-9-6-5-7-10-13)16(19)18(14)11-12(2)21(3)20/h5-7,9-10,12,14-15,17H,4,8,11H2,1-3H3. The third-order valence-corrected chi connectivity index (χ3v) is 5.26. The largest absolute Gasteiger partial charge is 0.324 e. The monoisotopic (exact) mass is 308 g/mol. The molecule has 1 heterocycles. The lowest BCUT2D eigenvalue weighted by Crippen LogP contribution is -2.42. The molecule has 1 aliphatic heterocycles. The second kappa shape index (κ2) is 7.18. The van der Waals surface area contributed by atoms with Crippen molar-refractivity contribution in [2.24, 2.45) is 0 Å². The maximum absolute atomic E-state index is 12.7. The Labute approximate surface area is 129 Å². The fraction of sp³-hybridized carbons (Fsp3) is 0.562. The van der Waals surface area contributed by atoms with Gasteiger partial charge in [0.1, 0.15) is 6.04 Å². The van der Waals surface area contributed by atoms with Crippen molar-refractivity contribution in [2.75, 3.05) is 12.8 Å². The van der Waals surface area contributed by atoms with Gasteiger partial charge in [0.25, 0.3) is 0 Å². The first-order valence-corrected chi connectivity index (χ1v) is 9.10. The van der Waals surface area contributed by atoms with Gasteiger partial charge in [0, 0.05) is 28.9 Å². The molecule has 0 aromatic heterocycles. The first-order valence-electron chi connectivity index (χ1n) is 7.48. The van der Waals surface area contributed by atoms with E-state index in [1.54, 1.807) is 6.26 Å². The maximum Gasteiger partial charge on any atom is 0.245 e. The lowest BCUT2D eigenvalue weighted by Gasteiger charge is -2.26. The Morgan fingerprint density at radius 1 is 1.33 bits per heavy atom. The lowest BCUT2D eigenvalue weighted by atomic mass is 10.1. The highest BCUT2D eigenvalue weighted by molar-refractivity contribution is 7.84. The highest BCUT2D eigenvalue weighted by Crippen LogP contribution is 2.26. The van der Waals surface area contributed by atoms with Crippen molar-refractivity contribution >= 4 is 16.7 Å². The molecule has 0 bridgehead atoms. The third kappa shape index (κ3) is 3.71. The minimum Gasteiger partial charge on any atom is -0.324 e. The van der Waals surface area contributed by atoms with Crippen molar-refractivity contribution in [3.63, 3.8) is 0 Å². The van der Waals surface area contributed by atoms with Crippen molar-refractivity contribution in [1.82, 2.24) is 10.2 Å². The van der Waals surface area contributed by atoms with Gasteiger partial charge in [-0.25, -0.2) is 0 Å². The zero-order chi connectivity index (χ0) is 15.4. The Bertz CT molecular complexity index is 506. The zero-order valence-corrected chi connectivity index (χ0v) is 13.7. The van der Waals surface area contributed by atoms with E-state index in [-0.39, 0.29) is 23.4 Å². The minimum atomic E-state index is -0.918. The first-order chi connectivity index (χ1) is 10.0. The van der Waals surface area contributed by atoms with Gasteiger partial charge in [-0.1, -0.05) is 43.7 Å². The van der Waals surface area contributed by atoms with Gasteiger partial charge in [-0.15, -0.1) is 0 Å². The van der Waals surface area contributed by atoms with Crippen LogP contribution in [0.2, 0.25) is 0 Å². The fourth-order valence-electron chi connectivity index (χ4n) is 2.67. The topological polar surface area (TPSA) is 49.4 Å². The van der Waals surface area contributed by atoms with E-state index in [0.29, 0.717) is 6.54 Å². The van der Waals surface area contributed by atoms with Gasteiger partial charge in [0.2, 0.25) is 5.91 Å². The number of rotatable bonds is 6. The number of amides is 1. The lowest BCUT2D eigenvalue weighted by molar-refractivity contribution is -0.130.